The summed E-state index contributed by atoms with van der Waals surface area (Å²) < 4.78 is 36.8. The zero-order chi connectivity index (χ0) is 18.3. The Labute approximate surface area is 143 Å². The lowest BCUT2D eigenvalue weighted by Crippen LogP contribution is -2.47. The highest BCUT2D eigenvalue weighted by atomic mass is 19.4. The van der Waals surface area contributed by atoms with Crippen molar-refractivity contribution in [2.45, 2.75) is 45.5 Å². The molecule has 0 bridgehead atoms. The summed E-state index contributed by atoms with van der Waals surface area (Å²) in [6, 6.07) is 0.866. The van der Waals surface area contributed by atoms with E-state index in [1.165, 1.54) is 11.9 Å². The van der Waals surface area contributed by atoms with Gasteiger partial charge in [-0.1, -0.05) is 6.92 Å². The van der Waals surface area contributed by atoms with E-state index in [4.69, 9.17) is 0 Å². The standard InChI is InChI=1S/C16H32F3N5/c1-12(2)24-9-13(3)14(10-24)22-15(20-4)21-7-6-8-23(5)11-16(17,18)19/h12-14H,6-11H2,1-5H3,(H2,20,21,22). The first-order valence-electron chi connectivity index (χ1n) is 8.59. The van der Waals surface area contributed by atoms with Gasteiger partial charge in [-0.2, -0.15) is 13.2 Å². The fourth-order valence-corrected chi connectivity index (χ4v) is 2.92. The molecule has 1 fully saturated rings. The number of rotatable bonds is 7. The monoisotopic (exact) mass is 351 g/mol. The molecule has 2 unspecified atom stereocenters. The summed E-state index contributed by atoms with van der Waals surface area (Å²) >= 11 is 0. The van der Waals surface area contributed by atoms with Crippen LogP contribution in [-0.4, -0.2) is 80.8 Å². The largest absolute Gasteiger partial charge is 0.401 e. The molecular formula is C16H32F3N5. The number of guanidine groups is 1. The fourth-order valence-electron chi connectivity index (χ4n) is 2.92. The molecule has 142 valence electrons. The molecule has 5 nitrogen and oxygen atoms in total. The molecule has 2 atom stereocenters. The molecule has 0 aromatic carbocycles. The van der Waals surface area contributed by atoms with Crippen molar-refractivity contribution in [3.8, 4) is 0 Å². The highest BCUT2D eigenvalue weighted by Crippen LogP contribution is 2.18. The van der Waals surface area contributed by atoms with E-state index in [1.54, 1.807) is 7.05 Å². The minimum Gasteiger partial charge on any atom is -0.356 e. The van der Waals surface area contributed by atoms with Crippen LogP contribution < -0.4 is 10.6 Å². The number of hydrogen-bond donors (Lipinski definition) is 2. The summed E-state index contributed by atoms with van der Waals surface area (Å²) in [5.41, 5.74) is 0. The quantitative estimate of drug-likeness (QED) is 0.417. The van der Waals surface area contributed by atoms with Crippen molar-refractivity contribution in [3.63, 3.8) is 0 Å². The predicted molar refractivity (Wildman–Crippen MR) is 92.3 cm³/mol. The van der Waals surface area contributed by atoms with Crippen LogP contribution in [0.5, 0.6) is 0 Å². The number of aliphatic imine (C=N–C) groups is 1. The van der Waals surface area contributed by atoms with Crippen LogP contribution >= 0.6 is 0 Å². The van der Waals surface area contributed by atoms with Crippen molar-refractivity contribution >= 4 is 5.96 Å². The van der Waals surface area contributed by atoms with E-state index in [1.807, 2.05) is 0 Å². The smallest absolute Gasteiger partial charge is 0.356 e. The molecule has 1 saturated heterocycles. The van der Waals surface area contributed by atoms with E-state index in [0.29, 0.717) is 37.5 Å². The molecule has 0 aromatic rings. The van der Waals surface area contributed by atoms with Crippen molar-refractivity contribution in [2.24, 2.45) is 10.9 Å². The van der Waals surface area contributed by atoms with Crippen molar-refractivity contribution in [1.82, 2.24) is 20.4 Å². The van der Waals surface area contributed by atoms with Crippen LogP contribution in [0.15, 0.2) is 4.99 Å². The Morgan fingerprint density at radius 1 is 1.33 bits per heavy atom. The van der Waals surface area contributed by atoms with E-state index in [-0.39, 0.29) is 0 Å². The molecule has 1 heterocycles. The lowest BCUT2D eigenvalue weighted by molar-refractivity contribution is -0.143. The molecule has 0 saturated carbocycles. The van der Waals surface area contributed by atoms with Gasteiger partial charge in [-0.25, -0.2) is 0 Å². The summed E-state index contributed by atoms with van der Waals surface area (Å²) in [4.78, 5) is 7.94. The average Bonchev–Trinajstić information content (AvgIpc) is 2.81. The Morgan fingerprint density at radius 2 is 2.00 bits per heavy atom. The number of nitrogens with zero attached hydrogens (tertiary/aromatic N) is 3. The molecule has 0 radical (unpaired) electrons. The second-order valence-electron chi connectivity index (χ2n) is 6.98. The average molecular weight is 351 g/mol. The topological polar surface area (TPSA) is 42.9 Å². The van der Waals surface area contributed by atoms with Gasteiger partial charge in [0.05, 0.1) is 6.54 Å². The van der Waals surface area contributed by atoms with E-state index in [9.17, 15) is 13.2 Å². The molecular weight excluding hydrogens is 319 g/mol. The van der Waals surface area contributed by atoms with Gasteiger partial charge in [0.25, 0.3) is 0 Å². The van der Waals surface area contributed by atoms with E-state index in [2.05, 4.69) is 41.3 Å². The van der Waals surface area contributed by atoms with Gasteiger partial charge < -0.3 is 10.6 Å². The normalized spacial score (nSPS) is 23.3. The molecule has 0 aliphatic carbocycles. The number of halogens is 3. The number of hydrogen-bond acceptors (Lipinski definition) is 3. The van der Waals surface area contributed by atoms with Crippen molar-refractivity contribution in [2.75, 3.05) is 46.8 Å². The van der Waals surface area contributed by atoms with Crippen LogP contribution in [0.2, 0.25) is 0 Å². The first-order valence-corrected chi connectivity index (χ1v) is 8.59. The molecule has 0 aromatic heterocycles. The Morgan fingerprint density at radius 3 is 2.50 bits per heavy atom. The molecule has 0 amide bonds. The van der Waals surface area contributed by atoms with Crippen molar-refractivity contribution in [1.29, 1.82) is 0 Å². The van der Waals surface area contributed by atoms with Crippen molar-refractivity contribution in [3.05, 3.63) is 0 Å². The maximum absolute atomic E-state index is 12.3. The summed E-state index contributed by atoms with van der Waals surface area (Å²) in [6.07, 6.45) is -3.51. The van der Waals surface area contributed by atoms with E-state index in [0.717, 1.165) is 19.0 Å². The predicted octanol–water partition coefficient (Wildman–Crippen LogP) is 1.76. The van der Waals surface area contributed by atoms with Gasteiger partial charge in [0, 0.05) is 38.8 Å². The second kappa shape index (κ2) is 9.46. The summed E-state index contributed by atoms with van der Waals surface area (Å²) in [6.45, 7) is 8.77. The Bertz CT molecular complexity index is 398. The molecule has 8 heteroatoms. The third-order valence-electron chi connectivity index (χ3n) is 4.37. The zero-order valence-electron chi connectivity index (χ0n) is 15.5. The van der Waals surface area contributed by atoms with Crippen LogP contribution in [0.3, 0.4) is 0 Å². The Kier molecular flexibility index (Phi) is 8.29. The zero-order valence-corrected chi connectivity index (χ0v) is 15.5. The van der Waals surface area contributed by atoms with Crippen LogP contribution in [0, 0.1) is 5.92 Å². The molecule has 1 rings (SSSR count). The van der Waals surface area contributed by atoms with Gasteiger partial charge in [-0.05, 0) is 39.8 Å². The van der Waals surface area contributed by atoms with Gasteiger partial charge >= 0.3 is 6.18 Å². The maximum atomic E-state index is 12.3. The third-order valence-corrected chi connectivity index (χ3v) is 4.37. The van der Waals surface area contributed by atoms with Gasteiger partial charge in [0.15, 0.2) is 5.96 Å². The fraction of sp³-hybridized carbons (Fsp3) is 0.938. The van der Waals surface area contributed by atoms with Gasteiger partial charge in [0.2, 0.25) is 0 Å². The highest BCUT2D eigenvalue weighted by molar-refractivity contribution is 5.80. The van der Waals surface area contributed by atoms with Gasteiger partial charge in [-0.15, -0.1) is 0 Å². The van der Waals surface area contributed by atoms with Crippen LogP contribution in [-0.2, 0) is 0 Å². The number of alkyl halides is 3. The molecule has 24 heavy (non-hydrogen) atoms. The number of nitrogens with one attached hydrogen (secondary N) is 2. The molecule has 0 spiro atoms. The lowest BCUT2D eigenvalue weighted by Gasteiger charge is -2.22. The maximum Gasteiger partial charge on any atom is 0.401 e. The molecule has 1 aliphatic rings. The summed E-state index contributed by atoms with van der Waals surface area (Å²) in [7, 11) is 3.20. The Balaban J connectivity index is 2.29. The van der Waals surface area contributed by atoms with Crippen LogP contribution in [0.1, 0.15) is 27.2 Å². The van der Waals surface area contributed by atoms with Gasteiger partial charge in [0.1, 0.15) is 0 Å². The minimum atomic E-state index is -4.14. The van der Waals surface area contributed by atoms with E-state index < -0.39 is 12.7 Å². The highest BCUT2D eigenvalue weighted by Gasteiger charge is 2.31. The second-order valence-corrected chi connectivity index (χ2v) is 6.98. The number of likely N-dealkylation sites (tertiary alicyclic amines) is 1. The first-order chi connectivity index (χ1) is 11.1. The lowest BCUT2D eigenvalue weighted by atomic mass is 10.1. The summed E-state index contributed by atoms with van der Waals surface area (Å²) in [5.74, 6) is 1.25. The van der Waals surface area contributed by atoms with Gasteiger partial charge in [-0.3, -0.25) is 14.8 Å². The van der Waals surface area contributed by atoms with Crippen molar-refractivity contribution < 1.29 is 13.2 Å². The van der Waals surface area contributed by atoms with Crippen LogP contribution in [0.25, 0.3) is 0 Å². The van der Waals surface area contributed by atoms with E-state index >= 15 is 0 Å². The first kappa shape index (κ1) is 21.0. The third kappa shape index (κ3) is 7.70. The SMILES string of the molecule is CN=C(NCCCN(C)CC(F)(F)F)NC1CN(C(C)C)CC1C. The molecule has 2 N–H and O–H groups in total. The molecule has 1 aliphatic heterocycles. The summed E-state index contributed by atoms with van der Waals surface area (Å²) in [5, 5.41) is 6.62. The Hall–Kier alpha value is -1.02. The van der Waals surface area contributed by atoms with Crippen LogP contribution in [0.4, 0.5) is 13.2 Å². The minimum absolute atomic E-state index is 0.339.